The van der Waals surface area contributed by atoms with Gasteiger partial charge in [-0.15, -0.1) is 11.3 Å². The van der Waals surface area contributed by atoms with Crippen LogP contribution in [0.2, 0.25) is 0 Å². The van der Waals surface area contributed by atoms with Crippen LogP contribution in [0.5, 0.6) is 0 Å². The highest BCUT2D eigenvalue weighted by Crippen LogP contribution is 2.21. The van der Waals surface area contributed by atoms with Crippen LogP contribution >= 0.6 is 11.3 Å². The number of thiophene rings is 1. The molecule has 0 fully saturated rings. The predicted molar refractivity (Wildman–Crippen MR) is 83.6 cm³/mol. The molecular formula is C15H17N3OS. The molecule has 0 saturated heterocycles. The largest absolute Gasteiger partial charge is 0.282 e. The van der Waals surface area contributed by atoms with Gasteiger partial charge in [-0.3, -0.25) is 4.79 Å². The summed E-state index contributed by atoms with van der Waals surface area (Å²) in [5, 5.41) is 4.98. The Bertz CT molecular complexity index is 726. The molecule has 4 nitrogen and oxygen atoms in total. The summed E-state index contributed by atoms with van der Waals surface area (Å²) in [5.74, 6) is 0.427. The number of aryl methyl sites for hydroxylation is 1. The second kappa shape index (κ2) is 5.71. The van der Waals surface area contributed by atoms with Crippen molar-refractivity contribution in [3.8, 4) is 0 Å². The van der Waals surface area contributed by atoms with Gasteiger partial charge in [-0.05, 0) is 37.7 Å². The van der Waals surface area contributed by atoms with E-state index in [1.165, 1.54) is 15.9 Å². The van der Waals surface area contributed by atoms with Crippen LogP contribution in [0.3, 0.4) is 0 Å². The minimum Gasteiger partial charge on any atom is -0.267 e. The van der Waals surface area contributed by atoms with Gasteiger partial charge < -0.3 is 0 Å². The summed E-state index contributed by atoms with van der Waals surface area (Å²) >= 11 is 1.58. The Kier molecular flexibility index (Phi) is 3.78. The first-order valence-corrected chi connectivity index (χ1v) is 7.79. The van der Waals surface area contributed by atoms with E-state index in [0.29, 0.717) is 11.3 Å². The van der Waals surface area contributed by atoms with Crippen LogP contribution in [0.4, 0.5) is 0 Å². The Balaban J connectivity index is 1.91. The van der Waals surface area contributed by atoms with Gasteiger partial charge in [0.15, 0.2) is 0 Å². The zero-order chi connectivity index (χ0) is 13.9. The van der Waals surface area contributed by atoms with Gasteiger partial charge in [-0.2, -0.15) is 9.78 Å². The summed E-state index contributed by atoms with van der Waals surface area (Å²) in [4.78, 5) is 18.6. The van der Waals surface area contributed by atoms with Crippen molar-refractivity contribution in [2.45, 2.75) is 32.6 Å². The van der Waals surface area contributed by atoms with Crippen molar-refractivity contribution in [1.29, 1.82) is 0 Å². The Labute approximate surface area is 121 Å². The molecule has 1 aliphatic rings. The summed E-state index contributed by atoms with van der Waals surface area (Å²) in [6.45, 7) is 2.08. The van der Waals surface area contributed by atoms with Gasteiger partial charge >= 0.3 is 0 Å². The number of hydrogen-bond donors (Lipinski definition) is 0. The van der Waals surface area contributed by atoms with Gasteiger partial charge in [0.25, 0.3) is 5.56 Å². The molecule has 0 amide bonds. The Morgan fingerprint density at radius 2 is 2.45 bits per heavy atom. The molecule has 0 aliphatic heterocycles. The lowest BCUT2D eigenvalue weighted by Crippen LogP contribution is -2.17. The highest BCUT2D eigenvalue weighted by Gasteiger charge is 2.09. The van der Waals surface area contributed by atoms with Crippen LogP contribution in [-0.4, -0.2) is 15.9 Å². The molecule has 0 N–H and O–H groups in total. The fraction of sp³-hybridized carbons (Fsp3) is 0.400. The van der Waals surface area contributed by atoms with Crippen LogP contribution in [0.15, 0.2) is 34.4 Å². The second-order valence-electron chi connectivity index (χ2n) is 4.99. The van der Waals surface area contributed by atoms with Crippen LogP contribution in [0, 0.1) is 5.92 Å². The highest BCUT2D eigenvalue weighted by atomic mass is 32.1. The van der Waals surface area contributed by atoms with Crippen molar-refractivity contribution in [1.82, 2.24) is 9.66 Å². The maximum atomic E-state index is 12.3. The molecule has 0 radical (unpaired) electrons. The van der Waals surface area contributed by atoms with Crippen molar-refractivity contribution in [3.05, 3.63) is 39.8 Å². The average Bonchev–Trinajstić information content (AvgIpc) is 2.92. The highest BCUT2D eigenvalue weighted by molar-refractivity contribution is 7.18. The van der Waals surface area contributed by atoms with Gasteiger partial charge in [0.05, 0.1) is 5.39 Å². The van der Waals surface area contributed by atoms with E-state index >= 15 is 0 Å². The molecule has 1 atom stereocenters. The van der Waals surface area contributed by atoms with E-state index in [1.54, 1.807) is 11.3 Å². The number of nitrogens with zero attached hydrogens (tertiary/aromatic N) is 3. The molecule has 1 aliphatic carbocycles. The molecule has 2 heterocycles. The van der Waals surface area contributed by atoms with Gasteiger partial charge in [-0.25, -0.2) is 4.98 Å². The third-order valence-corrected chi connectivity index (χ3v) is 4.73. The summed E-state index contributed by atoms with van der Waals surface area (Å²) in [6.07, 6.45) is 11.9. The quantitative estimate of drug-likeness (QED) is 0.643. The van der Waals surface area contributed by atoms with Gasteiger partial charge in [0.1, 0.15) is 11.2 Å². The Morgan fingerprint density at radius 3 is 3.20 bits per heavy atom. The van der Waals surface area contributed by atoms with E-state index in [9.17, 15) is 4.79 Å². The summed E-state index contributed by atoms with van der Waals surface area (Å²) in [7, 11) is 0. The van der Waals surface area contributed by atoms with Crippen LogP contribution in [-0.2, 0) is 6.42 Å². The number of allylic oxidation sites excluding steroid dienone is 2. The average molecular weight is 287 g/mol. The molecule has 104 valence electrons. The second-order valence-corrected chi connectivity index (χ2v) is 6.10. The molecular weight excluding hydrogens is 270 g/mol. The molecule has 0 unspecified atom stereocenters. The van der Waals surface area contributed by atoms with E-state index < -0.39 is 0 Å². The minimum atomic E-state index is -0.0754. The predicted octanol–water partition coefficient (Wildman–Crippen LogP) is 3.21. The van der Waals surface area contributed by atoms with Crippen molar-refractivity contribution < 1.29 is 0 Å². The standard InChI is InChI=1S/C15H17N3OS/c1-2-12-8-13-14(20-12)16-10-18(15(13)19)17-9-11-6-4-3-5-7-11/h3-4,8-11H,2,5-7H2,1H3/b17-9-/t11-/m0/s1. The van der Waals surface area contributed by atoms with Gasteiger partial charge in [0, 0.05) is 11.1 Å². The molecule has 0 saturated carbocycles. The maximum Gasteiger partial charge on any atom is 0.282 e. The van der Waals surface area contributed by atoms with E-state index in [4.69, 9.17) is 0 Å². The van der Waals surface area contributed by atoms with E-state index in [2.05, 4.69) is 29.2 Å². The number of fused-ring (bicyclic) bond motifs is 1. The zero-order valence-corrected chi connectivity index (χ0v) is 12.3. The van der Waals surface area contributed by atoms with E-state index in [-0.39, 0.29) is 5.56 Å². The molecule has 2 aromatic heterocycles. The van der Waals surface area contributed by atoms with E-state index in [1.807, 2.05) is 12.3 Å². The van der Waals surface area contributed by atoms with Crippen molar-refractivity contribution in [2.24, 2.45) is 11.0 Å². The fourth-order valence-electron chi connectivity index (χ4n) is 2.34. The van der Waals surface area contributed by atoms with Crippen molar-refractivity contribution in [2.75, 3.05) is 0 Å². The molecule has 0 bridgehead atoms. The Morgan fingerprint density at radius 1 is 1.55 bits per heavy atom. The maximum absolute atomic E-state index is 12.3. The topological polar surface area (TPSA) is 47.2 Å². The molecule has 5 heteroatoms. The molecule has 0 spiro atoms. The lowest BCUT2D eigenvalue weighted by Gasteiger charge is -2.11. The molecule has 3 rings (SSSR count). The summed E-state index contributed by atoms with van der Waals surface area (Å²) in [6, 6.07) is 1.94. The lowest BCUT2D eigenvalue weighted by molar-refractivity contribution is 0.620. The number of rotatable bonds is 3. The minimum absolute atomic E-state index is 0.0754. The normalized spacial score (nSPS) is 19.1. The smallest absolute Gasteiger partial charge is 0.267 e. The molecule has 2 aromatic rings. The van der Waals surface area contributed by atoms with Crippen LogP contribution in [0.25, 0.3) is 10.2 Å². The number of aromatic nitrogens is 2. The third-order valence-electron chi connectivity index (χ3n) is 3.55. The molecule has 20 heavy (non-hydrogen) atoms. The molecule has 0 aromatic carbocycles. The van der Waals surface area contributed by atoms with E-state index in [0.717, 1.165) is 30.5 Å². The SMILES string of the molecule is CCc1cc2c(=O)n(/N=C\[C@H]3CC=CCC3)cnc2s1. The summed E-state index contributed by atoms with van der Waals surface area (Å²) < 4.78 is 1.35. The van der Waals surface area contributed by atoms with Crippen molar-refractivity contribution >= 4 is 27.8 Å². The number of hydrogen-bond acceptors (Lipinski definition) is 4. The first-order valence-electron chi connectivity index (χ1n) is 6.97. The monoisotopic (exact) mass is 287 g/mol. The fourth-order valence-corrected chi connectivity index (χ4v) is 3.26. The first-order chi connectivity index (χ1) is 9.78. The first kappa shape index (κ1) is 13.2. The Hall–Kier alpha value is -1.75. The lowest BCUT2D eigenvalue weighted by atomic mass is 9.96. The van der Waals surface area contributed by atoms with Crippen LogP contribution < -0.4 is 5.56 Å². The zero-order valence-electron chi connectivity index (χ0n) is 11.5. The van der Waals surface area contributed by atoms with Gasteiger partial charge in [-0.1, -0.05) is 19.1 Å². The summed E-state index contributed by atoms with van der Waals surface area (Å²) in [5.41, 5.74) is -0.0754. The van der Waals surface area contributed by atoms with Gasteiger partial charge in [0.2, 0.25) is 0 Å². The third kappa shape index (κ3) is 2.58. The van der Waals surface area contributed by atoms with Crippen molar-refractivity contribution in [3.63, 3.8) is 0 Å². The van der Waals surface area contributed by atoms with Crippen LogP contribution in [0.1, 0.15) is 31.1 Å².